The highest BCUT2D eigenvalue weighted by atomic mass is 16.6. The number of ether oxygens (including phenoxy) is 1. The molecule has 0 aromatic carbocycles. The van der Waals surface area contributed by atoms with Gasteiger partial charge < -0.3 is 14.6 Å². The molecule has 5 nitrogen and oxygen atoms in total. The lowest BCUT2D eigenvalue weighted by Gasteiger charge is -2.43. The number of hydrogen-bond acceptors (Lipinski definition) is 3. The Kier molecular flexibility index (Phi) is 3.27. The molecule has 1 fully saturated rings. The number of amides is 1. The maximum absolute atomic E-state index is 11.5. The van der Waals surface area contributed by atoms with E-state index in [2.05, 4.69) is 0 Å². The fourth-order valence-electron chi connectivity index (χ4n) is 3.17. The van der Waals surface area contributed by atoms with Gasteiger partial charge in [0, 0.05) is 6.42 Å². The molecule has 1 amide bonds. The van der Waals surface area contributed by atoms with E-state index < -0.39 is 23.0 Å². The summed E-state index contributed by atoms with van der Waals surface area (Å²) < 4.78 is 5.86. The summed E-state index contributed by atoms with van der Waals surface area (Å²) in [6.45, 7) is 8.98. The molecule has 1 aliphatic rings. The molecule has 0 aromatic rings. The van der Waals surface area contributed by atoms with Gasteiger partial charge in [-0.3, -0.25) is 4.90 Å². The van der Waals surface area contributed by atoms with Crippen LogP contribution in [0.3, 0.4) is 0 Å². The highest BCUT2D eigenvalue weighted by molar-refractivity contribution is 5.69. The lowest BCUT2D eigenvalue weighted by molar-refractivity contribution is -0.112. The molecule has 5 heteroatoms. The average Bonchev–Trinajstić information content (AvgIpc) is 2.28. The van der Waals surface area contributed by atoms with Gasteiger partial charge in [-0.15, -0.1) is 0 Å². The second-order valence-electron chi connectivity index (χ2n) is 5.43. The summed E-state index contributed by atoms with van der Waals surface area (Å²) in [5, 5.41) is 9.40. The predicted octanol–water partition coefficient (Wildman–Crippen LogP) is 2.25. The van der Waals surface area contributed by atoms with Crippen molar-refractivity contribution in [3.63, 3.8) is 0 Å². The minimum atomic E-state index is -1.05. The summed E-state index contributed by atoms with van der Waals surface area (Å²) in [7, 11) is 0. The third-order valence-corrected chi connectivity index (χ3v) is 3.79. The zero-order chi connectivity index (χ0) is 13.5. The molecule has 17 heavy (non-hydrogen) atoms. The van der Waals surface area contributed by atoms with Crippen molar-refractivity contribution in [1.29, 1.82) is 0 Å². The highest BCUT2D eigenvalue weighted by Gasteiger charge is 2.63. The van der Waals surface area contributed by atoms with E-state index in [1.165, 1.54) is 4.90 Å². The van der Waals surface area contributed by atoms with Crippen LogP contribution in [-0.2, 0) is 9.53 Å². The Hall–Kier alpha value is -1.10. The van der Waals surface area contributed by atoms with Gasteiger partial charge in [0.05, 0.1) is 11.1 Å². The Labute approximate surface area is 102 Å². The molecule has 0 aliphatic carbocycles. The van der Waals surface area contributed by atoms with E-state index in [0.29, 0.717) is 6.42 Å². The second-order valence-corrected chi connectivity index (χ2v) is 5.43. The van der Waals surface area contributed by atoms with Crippen molar-refractivity contribution in [3.05, 3.63) is 0 Å². The molecule has 0 radical (unpaired) electrons. The third-order valence-electron chi connectivity index (χ3n) is 3.79. The lowest BCUT2D eigenvalue weighted by Crippen LogP contribution is -2.59. The average molecular weight is 243 g/mol. The zero-order valence-corrected chi connectivity index (χ0v) is 11.1. The topological polar surface area (TPSA) is 66.8 Å². The summed E-state index contributed by atoms with van der Waals surface area (Å²) in [6, 6.07) is 0. The van der Waals surface area contributed by atoms with E-state index >= 15 is 0 Å². The van der Waals surface area contributed by atoms with Gasteiger partial charge in [-0.25, -0.2) is 4.79 Å². The molecule has 1 unspecified atom stereocenters. The summed E-state index contributed by atoms with van der Waals surface area (Å²) >= 11 is 0. The molecule has 0 saturated carbocycles. The second kappa shape index (κ2) is 3.98. The molecule has 0 bridgehead atoms. The molecule has 1 saturated heterocycles. The summed E-state index contributed by atoms with van der Waals surface area (Å²) in [6.07, 6.45) is 0.399. The van der Waals surface area contributed by atoms with E-state index in [4.69, 9.17) is 4.74 Å². The van der Waals surface area contributed by atoms with E-state index in [0.717, 1.165) is 6.29 Å². The molecular formula is C12H21NO4. The predicted molar refractivity (Wildman–Crippen MR) is 62.8 cm³/mol. The van der Waals surface area contributed by atoms with Crippen LogP contribution in [0.25, 0.3) is 0 Å². The zero-order valence-electron chi connectivity index (χ0n) is 11.1. The minimum absolute atomic E-state index is 0.145. The molecule has 0 aromatic heterocycles. The van der Waals surface area contributed by atoms with Crippen LogP contribution >= 0.6 is 0 Å². The van der Waals surface area contributed by atoms with Crippen molar-refractivity contribution < 1.29 is 19.4 Å². The molecule has 1 atom stereocenters. The standard InChI is InChI=1S/C12H21NO4/c1-6-12(7-8-14)10(2,3)17-11(4,5)13(12)9(15)16/h8H,6-7H2,1-5H3,(H,15,16). The van der Waals surface area contributed by atoms with Crippen molar-refractivity contribution in [3.8, 4) is 0 Å². The van der Waals surface area contributed by atoms with Crippen LogP contribution in [0, 0.1) is 0 Å². The largest absolute Gasteiger partial charge is 0.465 e. The summed E-state index contributed by atoms with van der Waals surface area (Å²) in [5.74, 6) is 0. The molecule has 98 valence electrons. The van der Waals surface area contributed by atoms with Crippen LogP contribution in [0.1, 0.15) is 47.5 Å². The van der Waals surface area contributed by atoms with Crippen molar-refractivity contribution in [1.82, 2.24) is 4.90 Å². The van der Waals surface area contributed by atoms with E-state index in [1.807, 2.05) is 20.8 Å². The monoisotopic (exact) mass is 243 g/mol. The van der Waals surface area contributed by atoms with Crippen molar-refractivity contribution in [2.75, 3.05) is 0 Å². The fraction of sp³-hybridized carbons (Fsp3) is 0.833. The number of aldehydes is 1. The molecule has 1 aliphatic heterocycles. The first-order valence-corrected chi connectivity index (χ1v) is 5.81. The van der Waals surface area contributed by atoms with Crippen LogP contribution in [0.5, 0.6) is 0 Å². The van der Waals surface area contributed by atoms with Crippen LogP contribution in [-0.4, -0.2) is 39.3 Å². The number of rotatable bonds is 3. The van der Waals surface area contributed by atoms with Crippen LogP contribution < -0.4 is 0 Å². The van der Waals surface area contributed by atoms with Crippen molar-refractivity contribution in [2.45, 2.75) is 64.3 Å². The summed E-state index contributed by atoms with van der Waals surface area (Å²) in [5.41, 5.74) is -2.41. The first-order chi connectivity index (χ1) is 7.64. The smallest absolute Gasteiger partial charge is 0.410 e. The van der Waals surface area contributed by atoms with E-state index in [9.17, 15) is 14.7 Å². The van der Waals surface area contributed by atoms with Crippen LogP contribution in [0.4, 0.5) is 4.79 Å². The number of carboxylic acid groups (broad SMARTS) is 1. The highest BCUT2D eigenvalue weighted by Crippen LogP contribution is 2.49. The van der Waals surface area contributed by atoms with Gasteiger partial charge in [0.2, 0.25) is 0 Å². The normalized spacial score (nSPS) is 30.3. The van der Waals surface area contributed by atoms with E-state index in [1.54, 1.807) is 13.8 Å². The molecule has 1 heterocycles. The van der Waals surface area contributed by atoms with Gasteiger partial charge in [-0.2, -0.15) is 0 Å². The quantitative estimate of drug-likeness (QED) is 0.772. The number of carbonyl (C=O) groups excluding carboxylic acids is 1. The van der Waals surface area contributed by atoms with Gasteiger partial charge in [0.25, 0.3) is 0 Å². The molecule has 0 spiro atoms. The van der Waals surface area contributed by atoms with Gasteiger partial charge in [-0.05, 0) is 34.1 Å². The molecule has 1 rings (SSSR count). The Bertz CT molecular complexity index is 337. The van der Waals surface area contributed by atoms with Crippen molar-refractivity contribution >= 4 is 12.4 Å². The SMILES string of the molecule is CCC1(CC=O)N(C(=O)O)C(C)(C)OC1(C)C. The first-order valence-electron chi connectivity index (χ1n) is 5.81. The van der Waals surface area contributed by atoms with Gasteiger partial charge in [0.15, 0.2) is 0 Å². The number of nitrogens with zero attached hydrogens (tertiary/aromatic N) is 1. The Balaban J connectivity index is 3.38. The lowest BCUT2D eigenvalue weighted by atomic mass is 9.77. The first kappa shape index (κ1) is 14.0. The maximum Gasteiger partial charge on any atom is 0.410 e. The Morgan fingerprint density at radius 1 is 1.35 bits per heavy atom. The fourth-order valence-corrected chi connectivity index (χ4v) is 3.17. The maximum atomic E-state index is 11.5. The molecular weight excluding hydrogens is 222 g/mol. The Morgan fingerprint density at radius 3 is 2.24 bits per heavy atom. The van der Waals surface area contributed by atoms with Gasteiger partial charge >= 0.3 is 6.09 Å². The van der Waals surface area contributed by atoms with Gasteiger partial charge in [-0.1, -0.05) is 6.92 Å². The van der Waals surface area contributed by atoms with Gasteiger partial charge in [0.1, 0.15) is 12.0 Å². The van der Waals surface area contributed by atoms with Crippen LogP contribution in [0.15, 0.2) is 0 Å². The summed E-state index contributed by atoms with van der Waals surface area (Å²) in [4.78, 5) is 23.7. The number of carbonyl (C=O) groups is 2. The van der Waals surface area contributed by atoms with Crippen LogP contribution in [0.2, 0.25) is 0 Å². The third kappa shape index (κ3) is 1.82. The number of hydrogen-bond donors (Lipinski definition) is 1. The minimum Gasteiger partial charge on any atom is -0.465 e. The Morgan fingerprint density at radius 2 is 1.88 bits per heavy atom. The van der Waals surface area contributed by atoms with Crippen molar-refractivity contribution in [2.24, 2.45) is 0 Å². The van der Waals surface area contributed by atoms with E-state index in [-0.39, 0.29) is 6.42 Å². The molecule has 1 N–H and O–H groups in total.